The monoisotopic (exact) mass is 257 g/mol. The highest BCUT2D eigenvalue weighted by atomic mass is 35.5. The molecule has 0 saturated carbocycles. The molecule has 0 fully saturated rings. The van der Waals surface area contributed by atoms with Crippen LogP contribution in [0, 0.1) is 0 Å². The van der Waals surface area contributed by atoms with Crippen LogP contribution in [-0.2, 0) is 12.8 Å². The van der Waals surface area contributed by atoms with Gasteiger partial charge < -0.3 is 10.8 Å². The van der Waals surface area contributed by atoms with Gasteiger partial charge in [0.25, 0.3) is 0 Å². The van der Waals surface area contributed by atoms with E-state index >= 15 is 0 Å². The number of nitrogens with two attached hydrogens (primary N) is 1. The number of aryl methyl sites for hydroxylation is 2. The van der Waals surface area contributed by atoms with Crippen molar-refractivity contribution in [3.05, 3.63) is 23.3 Å². The summed E-state index contributed by atoms with van der Waals surface area (Å²) in [5, 5.41) is 10.1. The van der Waals surface area contributed by atoms with Crippen molar-refractivity contribution in [2.45, 2.75) is 52.4 Å². The lowest BCUT2D eigenvalue weighted by Gasteiger charge is -2.11. The normalized spacial score (nSPS) is 10.0. The molecule has 0 aliphatic heterocycles. The Kier molecular flexibility index (Phi) is 7.81. The van der Waals surface area contributed by atoms with Crippen LogP contribution in [0.4, 0.5) is 5.69 Å². The zero-order valence-corrected chi connectivity index (χ0v) is 11.6. The van der Waals surface area contributed by atoms with E-state index in [0.29, 0.717) is 5.75 Å². The van der Waals surface area contributed by atoms with Crippen LogP contribution in [0.15, 0.2) is 12.1 Å². The van der Waals surface area contributed by atoms with Crippen molar-refractivity contribution in [1.29, 1.82) is 0 Å². The molecule has 1 rings (SSSR count). The van der Waals surface area contributed by atoms with E-state index in [4.69, 9.17) is 5.73 Å². The SMILES string of the molecule is CCCCc1cc(N)cc(CCCC)c1O.Cl. The third-order valence-electron chi connectivity index (χ3n) is 2.89. The molecule has 0 radical (unpaired) electrons. The van der Waals surface area contributed by atoms with Gasteiger partial charge in [-0.3, -0.25) is 0 Å². The number of hydrogen-bond donors (Lipinski definition) is 2. The summed E-state index contributed by atoms with van der Waals surface area (Å²) in [7, 11) is 0. The van der Waals surface area contributed by atoms with Crippen molar-refractivity contribution in [3.63, 3.8) is 0 Å². The number of phenolic OH excluding ortho intramolecular Hbond substituents is 1. The summed E-state index contributed by atoms with van der Waals surface area (Å²) in [6.45, 7) is 4.31. The summed E-state index contributed by atoms with van der Waals surface area (Å²) >= 11 is 0. The molecule has 0 aromatic heterocycles. The molecule has 0 bridgehead atoms. The Morgan fingerprint density at radius 1 is 1.00 bits per heavy atom. The maximum Gasteiger partial charge on any atom is 0.122 e. The Bertz CT molecular complexity index is 310. The molecule has 1 aromatic carbocycles. The van der Waals surface area contributed by atoms with Crippen molar-refractivity contribution in [1.82, 2.24) is 0 Å². The van der Waals surface area contributed by atoms with Gasteiger partial charge in [0.15, 0.2) is 0 Å². The fourth-order valence-electron chi connectivity index (χ4n) is 1.90. The molecule has 98 valence electrons. The van der Waals surface area contributed by atoms with Crippen LogP contribution in [0.1, 0.15) is 50.7 Å². The molecule has 0 aliphatic carbocycles. The first-order valence-corrected chi connectivity index (χ1v) is 6.29. The number of hydrogen-bond acceptors (Lipinski definition) is 2. The topological polar surface area (TPSA) is 46.2 Å². The summed E-state index contributed by atoms with van der Waals surface area (Å²) in [5.41, 5.74) is 8.65. The molecule has 0 amide bonds. The van der Waals surface area contributed by atoms with Crippen LogP contribution < -0.4 is 5.73 Å². The number of benzene rings is 1. The summed E-state index contributed by atoms with van der Waals surface area (Å²) in [6.07, 6.45) is 6.32. The second-order valence-corrected chi connectivity index (χ2v) is 4.39. The maximum atomic E-state index is 10.1. The number of phenols is 1. The smallest absolute Gasteiger partial charge is 0.122 e. The van der Waals surface area contributed by atoms with Gasteiger partial charge in [0.05, 0.1) is 0 Å². The zero-order valence-electron chi connectivity index (χ0n) is 10.8. The molecule has 0 saturated heterocycles. The maximum absolute atomic E-state index is 10.1. The first kappa shape index (κ1) is 16.1. The number of rotatable bonds is 6. The number of unbranched alkanes of at least 4 members (excludes halogenated alkanes) is 2. The van der Waals surface area contributed by atoms with E-state index in [-0.39, 0.29) is 12.4 Å². The predicted molar refractivity (Wildman–Crippen MR) is 77.0 cm³/mol. The molecule has 3 heteroatoms. The van der Waals surface area contributed by atoms with Crippen LogP contribution in [-0.4, -0.2) is 5.11 Å². The number of halogens is 1. The Morgan fingerprint density at radius 3 is 1.76 bits per heavy atom. The van der Waals surface area contributed by atoms with E-state index in [1.54, 1.807) is 0 Å². The first-order valence-electron chi connectivity index (χ1n) is 6.29. The van der Waals surface area contributed by atoms with E-state index in [0.717, 1.165) is 55.3 Å². The molecule has 17 heavy (non-hydrogen) atoms. The van der Waals surface area contributed by atoms with Crippen molar-refractivity contribution in [3.8, 4) is 5.75 Å². The third kappa shape index (κ3) is 4.86. The van der Waals surface area contributed by atoms with Crippen molar-refractivity contribution < 1.29 is 5.11 Å². The molecule has 0 unspecified atom stereocenters. The van der Waals surface area contributed by atoms with E-state index in [2.05, 4.69) is 13.8 Å². The van der Waals surface area contributed by atoms with Gasteiger partial charge in [-0.2, -0.15) is 0 Å². The predicted octanol–water partition coefficient (Wildman–Crippen LogP) is 4.08. The van der Waals surface area contributed by atoms with Crippen LogP contribution in [0.3, 0.4) is 0 Å². The van der Waals surface area contributed by atoms with E-state index < -0.39 is 0 Å². The fraction of sp³-hybridized carbons (Fsp3) is 0.571. The van der Waals surface area contributed by atoms with E-state index in [1.807, 2.05) is 12.1 Å². The third-order valence-corrected chi connectivity index (χ3v) is 2.89. The highest BCUT2D eigenvalue weighted by Crippen LogP contribution is 2.28. The molecule has 0 atom stereocenters. The van der Waals surface area contributed by atoms with E-state index in [9.17, 15) is 5.11 Å². The summed E-state index contributed by atoms with van der Waals surface area (Å²) in [6, 6.07) is 3.81. The molecular weight excluding hydrogens is 234 g/mol. The molecule has 0 heterocycles. The Balaban J connectivity index is 0.00000256. The minimum absolute atomic E-state index is 0. The van der Waals surface area contributed by atoms with Gasteiger partial charge in [-0.15, -0.1) is 12.4 Å². The molecule has 3 N–H and O–H groups in total. The first-order chi connectivity index (χ1) is 7.69. The van der Waals surface area contributed by atoms with E-state index in [1.165, 1.54) is 0 Å². The standard InChI is InChI=1S/C14H23NO.ClH/c1-3-5-7-11-9-13(15)10-12(14(11)16)8-6-4-2;/h9-10,16H,3-8,15H2,1-2H3;1H. The minimum Gasteiger partial charge on any atom is -0.507 e. The Morgan fingerprint density at radius 2 is 1.41 bits per heavy atom. The summed E-state index contributed by atoms with van der Waals surface area (Å²) in [5.74, 6) is 0.469. The lowest BCUT2D eigenvalue weighted by molar-refractivity contribution is 0.459. The summed E-state index contributed by atoms with van der Waals surface area (Å²) in [4.78, 5) is 0. The van der Waals surface area contributed by atoms with Gasteiger partial charge in [0.2, 0.25) is 0 Å². The quantitative estimate of drug-likeness (QED) is 0.596. The summed E-state index contributed by atoms with van der Waals surface area (Å²) < 4.78 is 0. The van der Waals surface area contributed by atoms with Gasteiger partial charge in [-0.1, -0.05) is 26.7 Å². The lowest BCUT2D eigenvalue weighted by atomic mass is 9.99. The Hall–Kier alpha value is -0.890. The van der Waals surface area contributed by atoms with Gasteiger partial charge >= 0.3 is 0 Å². The van der Waals surface area contributed by atoms with Crippen LogP contribution in [0.5, 0.6) is 5.75 Å². The number of nitrogen functional groups attached to an aromatic ring is 1. The van der Waals surface area contributed by atoms with Crippen LogP contribution >= 0.6 is 12.4 Å². The number of anilines is 1. The largest absolute Gasteiger partial charge is 0.507 e. The fourth-order valence-corrected chi connectivity index (χ4v) is 1.90. The van der Waals surface area contributed by atoms with Gasteiger partial charge in [0, 0.05) is 5.69 Å². The second kappa shape index (κ2) is 8.24. The number of aromatic hydroxyl groups is 1. The van der Waals surface area contributed by atoms with Gasteiger partial charge in [0.1, 0.15) is 5.75 Å². The molecular formula is C14H24ClNO. The average molecular weight is 258 g/mol. The molecule has 0 spiro atoms. The van der Waals surface area contributed by atoms with Gasteiger partial charge in [-0.25, -0.2) is 0 Å². The molecule has 2 nitrogen and oxygen atoms in total. The van der Waals surface area contributed by atoms with Crippen LogP contribution in [0.25, 0.3) is 0 Å². The minimum atomic E-state index is 0. The Labute approximate surface area is 111 Å². The average Bonchev–Trinajstić information content (AvgIpc) is 2.28. The highest BCUT2D eigenvalue weighted by molar-refractivity contribution is 5.85. The zero-order chi connectivity index (χ0) is 12.0. The van der Waals surface area contributed by atoms with Crippen molar-refractivity contribution >= 4 is 18.1 Å². The molecule has 1 aromatic rings. The highest BCUT2D eigenvalue weighted by Gasteiger charge is 2.08. The lowest BCUT2D eigenvalue weighted by Crippen LogP contribution is -1.96. The van der Waals surface area contributed by atoms with Crippen LogP contribution in [0.2, 0.25) is 0 Å². The van der Waals surface area contributed by atoms with Gasteiger partial charge in [-0.05, 0) is 48.9 Å². The molecule has 0 aliphatic rings. The van der Waals surface area contributed by atoms with Crippen molar-refractivity contribution in [2.75, 3.05) is 5.73 Å². The van der Waals surface area contributed by atoms with Crippen molar-refractivity contribution in [2.24, 2.45) is 0 Å². The second-order valence-electron chi connectivity index (χ2n) is 4.39.